The summed E-state index contributed by atoms with van der Waals surface area (Å²) in [4.78, 5) is 26.1. The summed E-state index contributed by atoms with van der Waals surface area (Å²) in [6.45, 7) is 0.0916. The Morgan fingerprint density at radius 3 is 2.29 bits per heavy atom. The number of amides is 3. The van der Waals surface area contributed by atoms with Crippen LogP contribution in [0, 0.1) is 0 Å². The van der Waals surface area contributed by atoms with Gasteiger partial charge in [-0.2, -0.15) is 0 Å². The van der Waals surface area contributed by atoms with Crippen LogP contribution in [0.25, 0.3) is 0 Å². The summed E-state index contributed by atoms with van der Waals surface area (Å²) in [5, 5.41) is 9.31. The maximum absolute atomic E-state index is 12.3. The second-order valence-corrected chi connectivity index (χ2v) is 7.43. The van der Waals surface area contributed by atoms with Crippen LogP contribution in [-0.4, -0.2) is 54.6 Å². The van der Waals surface area contributed by atoms with Gasteiger partial charge < -0.3 is 20.9 Å². The summed E-state index contributed by atoms with van der Waals surface area (Å²) < 4.78 is 0. The highest BCUT2D eigenvalue weighted by molar-refractivity contribution is 5.85. The van der Waals surface area contributed by atoms with Crippen LogP contribution in [0.4, 0.5) is 4.79 Å². The van der Waals surface area contributed by atoms with Crippen molar-refractivity contribution in [2.75, 3.05) is 13.6 Å². The molecule has 2 unspecified atom stereocenters. The van der Waals surface area contributed by atoms with Crippen molar-refractivity contribution in [3.05, 3.63) is 0 Å². The lowest BCUT2D eigenvalue weighted by atomic mass is 9.96. The molecule has 6 nitrogen and oxygen atoms in total. The van der Waals surface area contributed by atoms with Crippen LogP contribution in [0.15, 0.2) is 0 Å². The minimum absolute atomic E-state index is 0. The average Bonchev–Trinajstić information content (AvgIpc) is 2.91. The number of piperidine rings is 1. The predicted octanol–water partition coefficient (Wildman–Crippen LogP) is 1.78. The van der Waals surface area contributed by atoms with E-state index in [1.54, 1.807) is 0 Å². The number of hydrogen-bond acceptors (Lipinski definition) is 3. The average molecular weight is 359 g/mol. The fourth-order valence-electron chi connectivity index (χ4n) is 4.31. The van der Waals surface area contributed by atoms with Gasteiger partial charge in [-0.3, -0.25) is 4.79 Å². The van der Waals surface area contributed by atoms with Crippen molar-refractivity contribution in [1.82, 2.24) is 20.9 Å². The first kappa shape index (κ1) is 19.3. The molecular formula is C17H31ClN4O2. The largest absolute Gasteiger partial charge is 0.341 e. The summed E-state index contributed by atoms with van der Waals surface area (Å²) in [5.74, 6) is 0.00935. The molecule has 3 rings (SSSR count). The Balaban J connectivity index is 0.00000208. The van der Waals surface area contributed by atoms with Crippen molar-refractivity contribution in [3.63, 3.8) is 0 Å². The van der Waals surface area contributed by atoms with Crippen LogP contribution in [0.5, 0.6) is 0 Å². The quantitative estimate of drug-likeness (QED) is 0.717. The summed E-state index contributed by atoms with van der Waals surface area (Å²) >= 11 is 0. The number of carbonyl (C=O) groups excluding carboxylic acids is 2. The van der Waals surface area contributed by atoms with Crippen molar-refractivity contribution in [1.29, 1.82) is 0 Å². The van der Waals surface area contributed by atoms with Crippen molar-refractivity contribution >= 4 is 24.3 Å². The maximum atomic E-state index is 12.3. The van der Waals surface area contributed by atoms with E-state index < -0.39 is 0 Å². The first-order valence-corrected chi connectivity index (χ1v) is 9.18. The van der Waals surface area contributed by atoms with E-state index in [9.17, 15) is 9.59 Å². The molecule has 2 bridgehead atoms. The molecule has 0 aromatic rings. The minimum atomic E-state index is -0.205. The smallest absolute Gasteiger partial charge is 0.315 e. The van der Waals surface area contributed by atoms with Crippen LogP contribution >= 0.6 is 12.4 Å². The number of halogens is 1. The molecule has 7 heteroatoms. The SMILES string of the molecule is CN(C(=O)CNC(=O)NC1CCCCC1)C1CC2CCC(C1)N2.Cl. The Labute approximate surface area is 150 Å². The number of urea groups is 1. The van der Waals surface area contributed by atoms with E-state index >= 15 is 0 Å². The van der Waals surface area contributed by atoms with E-state index in [4.69, 9.17) is 0 Å². The number of hydrogen-bond donors (Lipinski definition) is 3. The molecule has 2 saturated heterocycles. The Morgan fingerprint density at radius 2 is 1.67 bits per heavy atom. The van der Waals surface area contributed by atoms with Gasteiger partial charge in [0.2, 0.25) is 5.91 Å². The first-order chi connectivity index (χ1) is 11.1. The maximum Gasteiger partial charge on any atom is 0.315 e. The third-order valence-electron chi connectivity index (χ3n) is 5.73. The first-order valence-electron chi connectivity index (χ1n) is 9.18. The van der Waals surface area contributed by atoms with E-state index in [1.165, 1.54) is 32.1 Å². The molecule has 2 aliphatic heterocycles. The van der Waals surface area contributed by atoms with Crippen LogP contribution < -0.4 is 16.0 Å². The summed E-state index contributed by atoms with van der Waals surface area (Å²) in [6, 6.07) is 1.51. The van der Waals surface area contributed by atoms with E-state index in [1.807, 2.05) is 11.9 Å². The molecule has 0 radical (unpaired) electrons. The van der Waals surface area contributed by atoms with Gasteiger partial charge in [0.05, 0.1) is 6.54 Å². The number of nitrogens with one attached hydrogen (secondary N) is 3. The summed E-state index contributed by atoms with van der Waals surface area (Å²) in [5.41, 5.74) is 0. The van der Waals surface area contributed by atoms with E-state index in [2.05, 4.69) is 16.0 Å². The fraction of sp³-hybridized carbons (Fsp3) is 0.882. The molecule has 3 aliphatic rings. The van der Waals surface area contributed by atoms with Crippen molar-refractivity contribution in [3.8, 4) is 0 Å². The molecule has 3 amide bonds. The molecule has 1 saturated carbocycles. The van der Waals surface area contributed by atoms with Gasteiger partial charge >= 0.3 is 6.03 Å². The van der Waals surface area contributed by atoms with Gasteiger partial charge in [-0.05, 0) is 38.5 Å². The van der Waals surface area contributed by atoms with E-state index in [0.717, 1.165) is 25.7 Å². The number of nitrogens with zero attached hydrogens (tertiary/aromatic N) is 1. The Morgan fingerprint density at radius 1 is 1.04 bits per heavy atom. The molecule has 2 heterocycles. The zero-order valence-corrected chi connectivity index (χ0v) is 15.4. The Hall–Kier alpha value is -1.01. The fourth-order valence-corrected chi connectivity index (χ4v) is 4.31. The van der Waals surface area contributed by atoms with Crippen molar-refractivity contribution < 1.29 is 9.59 Å². The molecule has 1 aliphatic carbocycles. The van der Waals surface area contributed by atoms with Crippen molar-refractivity contribution in [2.24, 2.45) is 0 Å². The van der Waals surface area contributed by atoms with Gasteiger partial charge in [0.25, 0.3) is 0 Å². The highest BCUT2D eigenvalue weighted by Crippen LogP contribution is 2.29. The standard InChI is InChI=1S/C17H30N4O2.ClH/c1-21(15-9-13-7-8-14(10-15)19-13)16(22)11-18-17(23)20-12-5-3-2-4-6-12;/h12-15,19H,2-11H2,1H3,(H2,18,20,23);1H. The number of carbonyl (C=O) groups is 2. The molecule has 2 atom stereocenters. The van der Waals surface area contributed by atoms with Crippen molar-refractivity contribution in [2.45, 2.75) is 82.0 Å². The molecule has 0 aromatic heterocycles. The predicted molar refractivity (Wildman–Crippen MR) is 96.4 cm³/mol. The third-order valence-corrected chi connectivity index (χ3v) is 5.73. The summed E-state index contributed by atoms with van der Waals surface area (Å²) in [7, 11) is 1.87. The van der Waals surface area contributed by atoms with Crippen LogP contribution in [0.3, 0.4) is 0 Å². The zero-order chi connectivity index (χ0) is 16.2. The van der Waals surface area contributed by atoms with Crippen LogP contribution in [-0.2, 0) is 4.79 Å². The summed E-state index contributed by atoms with van der Waals surface area (Å²) in [6.07, 6.45) is 10.3. The Kier molecular flexibility index (Phi) is 7.16. The minimum Gasteiger partial charge on any atom is -0.341 e. The molecule has 0 spiro atoms. The van der Waals surface area contributed by atoms with E-state index in [-0.39, 0.29) is 36.9 Å². The normalized spacial score (nSPS) is 29.5. The lowest BCUT2D eigenvalue weighted by Crippen LogP contribution is -2.52. The molecule has 138 valence electrons. The van der Waals surface area contributed by atoms with Gasteiger partial charge in [0.15, 0.2) is 0 Å². The van der Waals surface area contributed by atoms with E-state index in [0.29, 0.717) is 18.1 Å². The van der Waals surface area contributed by atoms with Gasteiger partial charge in [-0.15, -0.1) is 12.4 Å². The van der Waals surface area contributed by atoms with Gasteiger partial charge in [-0.25, -0.2) is 4.79 Å². The van der Waals surface area contributed by atoms with Crippen LogP contribution in [0.2, 0.25) is 0 Å². The third kappa shape index (κ3) is 4.99. The highest BCUT2D eigenvalue weighted by Gasteiger charge is 2.36. The zero-order valence-electron chi connectivity index (χ0n) is 14.6. The second kappa shape index (κ2) is 8.90. The molecule has 3 fully saturated rings. The highest BCUT2D eigenvalue weighted by atomic mass is 35.5. The van der Waals surface area contributed by atoms with Gasteiger partial charge in [-0.1, -0.05) is 19.3 Å². The monoisotopic (exact) mass is 358 g/mol. The second-order valence-electron chi connectivity index (χ2n) is 7.43. The number of rotatable bonds is 4. The lowest BCUT2D eigenvalue weighted by Gasteiger charge is -2.35. The van der Waals surface area contributed by atoms with Gasteiger partial charge in [0, 0.05) is 31.2 Å². The molecule has 24 heavy (non-hydrogen) atoms. The lowest BCUT2D eigenvalue weighted by molar-refractivity contribution is -0.131. The number of fused-ring (bicyclic) bond motifs is 2. The molecular weight excluding hydrogens is 328 g/mol. The number of likely N-dealkylation sites (N-methyl/N-ethyl adjacent to an activating group) is 1. The molecule has 3 N–H and O–H groups in total. The topological polar surface area (TPSA) is 73.5 Å². The van der Waals surface area contributed by atoms with Gasteiger partial charge in [0.1, 0.15) is 0 Å². The molecule has 0 aromatic carbocycles. The van der Waals surface area contributed by atoms with Crippen LogP contribution in [0.1, 0.15) is 57.8 Å². The Bertz CT molecular complexity index is 430.